The average Bonchev–Trinajstić information content (AvgIpc) is 2.96. The van der Waals surface area contributed by atoms with Crippen molar-refractivity contribution in [2.24, 2.45) is 0 Å². The maximum Gasteiger partial charge on any atom is 0.140 e. The summed E-state index contributed by atoms with van der Waals surface area (Å²) in [6.07, 6.45) is 8.86. The minimum Gasteiger partial charge on any atom is -0.370 e. The van der Waals surface area contributed by atoms with Gasteiger partial charge in [0.1, 0.15) is 11.6 Å². The van der Waals surface area contributed by atoms with Gasteiger partial charge in [0.15, 0.2) is 0 Å². The highest BCUT2D eigenvalue weighted by molar-refractivity contribution is 7.99. The van der Waals surface area contributed by atoms with Crippen molar-refractivity contribution in [3.05, 3.63) is 17.6 Å². The average molecular weight is 293 g/mol. The summed E-state index contributed by atoms with van der Waals surface area (Å²) in [5.74, 6) is 2.97. The number of hydrogen-bond acceptors (Lipinski definition) is 4. The molecule has 1 aliphatic carbocycles. The summed E-state index contributed by atoms with van der Waals surface area (Å²) in [6.45, 7) is 5.37. The molecule has 1 saturated carbocycles. The third-order valence-electron chi connectivity index (χ3n) is 3.64. The lowest BCUT2D eigenvalue weighted by Crippen LogP contribution is -2.07. The van der Waals surface area contributed by atoms with Gasteiger partial charge in [-0.3, -0.25) is 0 Å². The molecule has 20 heavy (non-hydrogen) atoms. The molecule has 0 aliphatic heterocycles. The van der Waals surface area contributed by atoms with Crippen molar-refractivity contribution < 1.29 is 0 Å². The van der Waals surface area contributed by atoms with E-state index in [9.17, 15) is 0 Å². The highest BCUT2D eigenvalue weighted by atomic mass is 32.2. The van der Waals surface area contributed by atoms with Crippen LogP contribution in [0.5, 0.6) is 0 Å². The van der Waals surface area contributed by atoms with Crippen LogP contribution in [0.2, 0.25) is 0 Å². The Kier molecular flexibility index (Phi) is 6.64. The van der Waals surface area contributed by atoms with Gasteiger partial charge in [-0.15, -0.1) is 0 Å². The van der Waals surface area contributed by atoms with Gasteiger partial charge in [0.2, 0.25) is 0 Å². The van der Waals surface area contributed by atoms with Crippen LogP contribution in [0.3, 0.4) is 0 Å². The molecular weight excluding hydrogens is 266 g/mol. The fourth-order valence-corrected chi connectivity index (χ4v) is 3.77. The van der Waals surface area contributed by atoms with Gasteiger partial charge in [-0.1, -0.05) is 33.1 Å². The van der Waals surface area contributed by atoms with Crippen LogP contribution in [0.4, 0.5) is 5.82 Å². The lowest BCUT2D eigenvalue weighted by atomic mass is 10.2. The third-order valence-corrected chi connectivity index (χ3v) is 5.01. The molecule has 0 amide bonds. The zero-order valence-corrected chi connectivity index (χ0v) is 13.6. The SMILES string of the molecule is CCCNc1cc(CCC)nc(CSC2CCCC2)n1. The molecule has 0 saturated heterocycles. The Morgan fingerprint density at radius 1 is 1.20 bits per heavy atom. The lowest BCUT2D eigenvalue weighted by molar-refractivity contribution is 0.847. The quantitative estimate of drug-likeness (QED) is 0.769. The van der Waals surface area contributed by atoms with Gasteiger partial charge >= 0.3 is 0 Å². The minimum absolute atomic E-state index is 0.834. The lowest BCUT2D eigenvalue weighted by Gasteiger charge is -2.11. The minimum atomic E-state index is 0.834. The molecule has 1 heterocycles. The number of nitrogens with zero attached hydrogens (tertiary/aromatic N) is 2. The highest BCUT2D eigenvalue weighted by Crippen LogP contribution is 2.31. The second-order valence-corrected chi connectivity index (χ2v) is 6.84. The molecule has 1 aliphatic rings. The summed E-state index contributed by atoms with van der Waals surface area (Å²) < 4.78 is 0. The molecule has 1 aromatic heterocycles. The van der Waals surface area contributed by atoms with E-state index in [0.29, 0.717) is 0 Å². The molecule has 4 heteroatoms. The molecule has 0 aromatic carbocycles. The summed E-state index contributed by atoms with van der Waals surface area (Å²) in [4.78, 5) is 9.39. The van der Waals surface area contributed by atoms with Crippen molar-refractivity contribution in [2.75, 3.05) is 11.9 Å². The third kappa shape index (κ3) is 4.97. The van der Waals surface area contributed by atoms with Crippen LogP contribution in [0, 0.1) is 0 Å². The molecule has 1 aromatic rings. The smallest absolute Gasteiger partial charge is 0.140 e. The Labute approximate surface area is 127 Å². The number of rotatable bonds is 8. The number of hydrogen-bond donors (Lipinski definition) is 1. The second kappa shape index (κ2) is 8.50. The predicted octanol–water partition coefficient (Wildman–Crippen LogP) is 4.43. The largest absolute Gasteiger partial charge is 0.370 e. The number of aromatic nitrogens is 2. The molecule has 0 atom stereocenters. The van der Waals surface area contributed by atoms with Gasteiger partial charge in [-0.2, -0.15) is 11.8 Å². The van der Waals surface area contributed by atoms with E-state index < -0.39 is 0 Å². The fraction of sp³-hybridized carbons (Fsp3) is 0.750. The first kappa shape index (κ1) is 15.6. The first-order valence-corrected chi connectivity index (χ1v) is 9.09. The van der Waals surface area contributed by atoms with Gasteiger partial charge in [0.25, 0.3) is 0 Å². The maximum absolute atomic E-state index is 4.72. The van der Waals surface area contributed by atoms with E-state index in [1.165, 1.54) is 31.4 Å². The molecule has 0 unspecified atom stereocenters. The monoisotopic (exact) mass is 293 g/mol. The van der Waals surface area contributed by atoms with Crippen molar-refractivity contribution in [3.8, 4) is 0 Å². The number of thioether (sulfide) groups is 1. The molecule has 0 spiro atoms. The van der Waals surface area contributed by atoms with Gasteiger partial charge in [-0.05, 0) is 25.7 Å². The van der Waals surface area contributed by atoms with E-state index in [-0.39, 0.29) is 0 Å². The summed E-state index contributed by atoms with van der Waals surface area (Å²) in [6, 6.07) is 2.11. The Morgan fingerprint density at radius 3 is 2.70 bits per heavy atom. The second-order valence-electron chi connectivity index (χ2n) is 5.55. The molecule has 1 N–H and O–H groups in total. The summed E-state index contributed by atoms with van der Waals surface area (Å²) in [7, 11) is 0. The van der Waals surface area contributed by atoms with Crippen LogP contribution in [0.1, 0.15) is 63.9 Å². The van der Waals surface area contributed by atoms with E-state index in [1.807, 2.05) is 11.8 Å². The van der Waals surface area contributed by atoms with Gasteiger partial charge in [-0.25, -0.2) is 9.97 Å². The topological polar surface area (TPSA) is 37.8 Å². The molecule has 1 fully saturated rings. The molecular formula is C16H27N3S. The van der Waals surface area contributed by atoms with Gasteiger partial charge in [0.05, 0.1) is 5.75 Å². The fourth-order valence-electron chi connectivity index (χ4n) is 2.59. The van der Waals surface area contributed by atoms with E-state index >= 15 is 0 Å². The Balaban J connectivity index is 1.98. The first-order valence-electron chi connectivity index (χ1n) is 8.04. The van der Waals surface area contributed by atoms with Crippen LogP contribution in [0.15, 0.2) is 6.07 Å². The highest BCUT2D eigenvalue weighted by Gasteiger charge is 2.16. The summed E-state index contributed by atoms with van der Waals surface area (Å²) in [5.41, 5.74) is 1.18. The Hall–Kier alpha value is -0.770. The van der Waals surface area contributed by atoms with E-state index in [1.54, 1.807) is 0 Å². The van der Waals surface area contributed by atoms with Crippen LogP contribution in [0.25, 0.3) is 0 Å². The first-order chi connectivity index (χ1) is 9.81. The van der Waals surface area contributed by atoms with Crippen LogP contribution >= 0.6 is 11.8 Å². The van der Waals surface area contributed by atoms with Gasteiger partial charge < -0.3 is 5.32 Å². The number of anilines is 1. The van der Waals surface area contributed by atoms with Crippen LogP contribution in [-0.2, 0) is 12.2 Å². The summed E-state index contributed by atoms with van der Waals surface area (Å²) >= 11 is 2.04. The Morgan fingerprint density at radius 2 is 2.00 bits per heavy atom. The van der Waals surface area contributed by atoms with Crippen molar-refractivity contribution in [1.82, 2.24) is 9.97 Å². The molecule has 3 nitrogen and oxygen atoms in total. The molecule has 2 rings (SSSR count). The van der Waals surface area contributed by atoms with Crippen molar-refractivity contribution in [3.63, 3.8) is 0 Å². The van der Waals surface area contributed by atoms with E-state index in [2.05, 4.69) is 30.2 Å². The normalized spacial score (nSPS) is 15.7. The zero-order valence-electron chi connectivity index (χ0n) is 12.8. The van der Waals surface area contributed by atoms with Crippen LogP contribution < -0.4 is 5.32 Å². The van der Waals surface area contributed by atoms with Crippen LogP contribution in [-0.4, -0.2) is 21.8 Å². The number of aryl methyl sites for hydroxylation is 1. The predicted molar refractivity (Wildman–Crippen MR) is 88.4 cm³/mol. The van der Waals surface area contributed by atoms with E-state index in [0.717, 1.165) is 48.5 Å². The van der Waals surface area contributed by atoms with Crippen molar-refractivity contribution >= 4 is 17.6 Å². The maximum atomic E-state index is 4.72. The van der Waals surface area contributed by atoms with Gasteiger partial charge in [0, 0.05) is 23.6 Å². The zero-order chi connectivity index (χ0) is 14.2. The Bertz CT molecular complexity index is 403. The molecule has 0 bridgehead atoms. The van der Waals surface area contributed by atoms with E-state index in [4.69, 9.17) is 4.98 Å². The molecule has 112 valence electrons. The summed E-state index contributed by atoms with van der Waals surface area (Å²) in [5, 5.41) is 4.23. The standard InChI is InChI=1S/C16H27N3S/c1-3-7-13-11-15(17-10-4-2)19-16(18-13)12-20-14-8-5-6-9-14/h11,14H,3-10,12H2,1-2H3,(H,17,18,19). The molecule has 0 radical (unpaired) electrons. The van der Waals surface area contributed by atoms with Crippen molar-refractivity contribution in [2.45, 2.75) is 69.8 Å². The van der Waals surface area contributed by atoms with Crippen molar-refractivity contribution in [1.29, 1.82) is 0 Å². The number of nitrogens with one attached hydrogen (secondary N) is 1.